The van der Waals surface area contributed by atoms with Gasteiger partial charge < -0.3 is 35.1 Å². The number of carbonyl (C=O) groups is 1. The Kier molecular flexibility index (Phi) is 11.2. The Morgan fingerprint density at radius 1 is 0.955 bits per heavy atom. The lowest BCUT2D eigenvalue weighted by molar-refractivity contribution is -0.303. The quantitative estimate of drug-likeness (QED) is 0.259. The molecule has 0 bridgehead atoms. The Morgan fingerprint density at radius 3 is 2.27 bits per heavy atom. The molecular weight excluding hydrogens is 616 g/mol. The van der Waals surface area contributed by atoms with Crippen molar-refractivity contribution in [3.8, 4) is 11.5 Å². The lowest BCUT2D eigenvalue weighted by Crippen LogP contribution is -2.47. The van der Waals surface area contributed by atoms with Gasteiger partial charge in [-0.05, 0) is 68.5 Å². The second kappa shape index (κ2) is 14.7. The predicted molar refractivity (Wildman–Crippen MR) is 153 cm³/mol. The number of ether oxygens (including phenoxy) is 3. The molecule has 9 nitrogen and oxygen atoms in total. The minimum atomic E-state index is -4.83. The molecule has 4 atom stereocenters. The number of carbonyl (C=O) groups excluding carboxylic acids is 1. The molecule has 3 aliphatic rings. The summed E-state index contributed by atoms with van der Waals surface area (Å²) in [6, 6.07) is 4.05. The molecule has 0 aromatic heterocycles. The molecular formula is C28H35F6N5O4S. The van der Waals surface area contributed by atoms with Crippen molar-refractivity contribution < 1.29 is 45.3 Å². The summed E-state index contributed by atoms with van der Waals surface area (Å²) in [6.07, 6.45) is -5.17. The van der Waals surface area contributed by atoms with Crippen molar-refractivity contribution in [3.05, 3.63) is 48.3 Å². The van der Waals surface area contributed by atoms with Crippen LogP contribution in [0.4, 0.5) is 26.3 Å². The highest BCUT2D eigenvalue weighted by Crippen LogP contribution is 2.32. The van der Waals surface area contributed by atoms with Gasteiger partial charge in [0.1, 0.15) is 23.4 Å². The first-order chi connectivity index (χ1) is 20.7. The first kappa shape index (κ1) is 33.6. The molecule has 1 aromatic rings. The molecule has 16 heteroatoms. The molecule has 1 amide bonds. The van der Waals surface area contributed by atoms with Crippen LogP contribution in [-0.2, 0) is 9.53 Å². The van der Waals surface area contributed by atoms with Gasteiger partial charge in [-0.25, -0.2) is 0 Å². The summed E-state index contributed by atoms with van der Waals surface area (Å²) in [5.41, 5.74) is 0. The number of hydrogen-bond donors (Lipinski definition) is 3. The standard InChI is InChI=1S/C28H35F6N5O4S/c1-38-11-13-39(14-12-38)10-9-35-25(40)23-16-19(17-24(23)41-20-5-7-21(8-6-20)42-27(29,30)31)37-26(44)36-18-3-2-4-22(15-18)43-28(32,33)34/h2,4-8,15,18-19,23-24H,3,9-14,16-17H2,1H3,(H,35,40)(H2,36,37,44). The highest BCUT2D eigenvalue weighted by molar-refractivity contribution is 7.80. The average Bonchev–Trinajstić information content (AvgIpc) is 3.31. The molecule has 1 saturated heterocycles. The maximum atomic E-state index is 13.3. The summed E-state index contributed by atoms with van der Waals surface area (Å²) >= 11 is 5.41. The fourth-order valence-electron chi connectivity index (χ4n) is 5.31. The molecule has 2 aliphatic carbocycles. The Hall–Kier alpha value is -3.24. The molecule has 4 rings (SSSR count). The van der Waals surface area contributed by atoms with E-state index in [9.17, 15) is 31.1 Å². The summed E-state index contributed by atoms with van der Waals surface area (Å²) in [5, 5.41) is 9.24. The van der Waals surface area contributed by atoms with Crippen LogP contribution in [0.5, 0.6) is 11.5 Å². The monoisotopic (exact) mass is 651 g/mol. The topological polar surface area (TPSA) is 87.3 Å². The van der Waals surface area contributed by atoms with Crippen molar-refractivity contribution in [3.63, 3.8) is 0 Å². The van der Waals surface area contributed by atoms with E-state index < -0.39 is 36.5 Å². The van der Waals surface area contributed by atoms with Crippen LogP contribution in [0.2, 0.25) is 0 Å². The van der Waals surface area contributed by atoms with Gasteiger partial charge in [-0.1, -0.05) is 6.08 Å². The van der Waals surface area contributed by atoms with Crippen molar-refractivity contribution in [2.75, 3.05) is 46.3 Å². The number of likely N-dealkylation sites (N-methyl/N-ethyl adjacent to an activating group) is 1. The normalized spacial score (nSPS) is 24.8. The second-order valence-corrected chi connectivity index (χ2v) is 11.3. The van der Waals surface area contributed by atoms with Gasteiger partial charge in [-0.2, -0.15) is 0 Å². The zero-order valence-corrected chi connectivity index (χ0v) is 24.7. The lowest BCUT2D eigenvalue weighted by Gasteiger charge is -2.32. The van der Waals surface area contributed by atoms with Gasteiger partial charge in [-0.3, -0.25) is 9.69 Å². The van der Waals surface area contributed by atoms with Crippen molar-refractivity contribution in [1.82, 2.24) is 25.8 Å². The van der Waals surface area contributed by atoms with Gasteiger partial charge in [0.25, 0.3) is 0 Å². The van der Waals surface area contributed by atoms with E-state index in [1.165, 1.54) is 30.4 Å². The summed E-state index contributed by atoms with van der Waals surface area (Å²) in [5.74, 6) is -1.31. The highest BCUT2D eigenvalue weighted by atomic mass is 32.1. The van der Waals surface area contributed by atoms with Gasteiger partial charge in [-0.15, -0.1) is 26.3 Å². The van der Waals surface area contributed by atoms with Crippen molar-refractivity contribution >= 4 is 23.2 Å². The summed E-state index contributed by atoms with van der Waals surface area (Å²) < 4.78 is 89.4. The molecule has 2 fully saturated rings. The zero-order chi connectivity index (χ0) is 31.9. The van der Waals surface area contributed by atoms with E-state index in [1.54, 1.807) is 0 Å². The van der Waals surface area contributed by atoms with E-state index >= 15 is 0 Å². The maximum absolute atomic E-state index is 13.3. The van der Waals surface area contributed by atoms with Gasteiger partial charge in [0.05, 0.1) is 12.0 Å². The van der Waals surface area contributed by atoms with Gasteiger partial charge in [0.15, 0.2) is 5.11 Å². The van der Waals surface area contributed by atoms with Crippen LogP contribution >= 0.6 is 12.2 Å². The van der Waals surface area contributed by atoms with E-state index in [2.05, 4.69) is 42.3 Å². The van der Waals surface area contributed by atoms with E-state index in [-0.39, 0.29) is 28.6 Å². The SMILES string of the molecule is CN1CCN(CCNC(=O)C2CC(NC(=S)NC3C=C(OC(F)(F)F)C=CC3)CC2Oc2ccc(OC(F)(F)F)cc2)CC1. The lowest BCUT2D eigenvalue weighted by atomic mass is 10.0. The number of benzene rings is 1. The molecule has 1 aromatic carbocycles. The second-order valence-electron chi connectivity index (χ2n) is 10.9. The van der Waals surface area contributed by atoms with Crippen molar-refractivity contribution in [1.29, 1.82) is 0 Å². The third kappa shape index (κ3) is 11.0. The first-order valence-corrected chi connectivity index (χ1v) is 14.6. The summed E-state index contributed by atoms with van der Waals surface area (Å²) in [4.78, 5) is 17.8. The molecule has 4 unspecified atom stereocenters. The highest BCUT2D eigenvalue weighted by Gasteiger charge is 2.41. The third-order valence-corrected chi connectivity index (χ3v) is 7.67. The van der Waals surface area contributed by atoms with Gasteiger partial charge >= 0.3 is 12.7 Å². The van der Waals surface area contributed by atoms with Crippen molar-refractivity contribution in [2.45, 2.75) is 50.2 Å². The molecule has 1 aliphatic heterocycles. The number of amides is 1. The molecule has 0 spiro atoms. The number of nitrogens with zero attached hydrogens (tertiary/aromatic N) is 2. The minimum absolute atomic E-state index is 0.182. The van der Waals surface area contributed by atoms with Crippen LogP contribution in [0.25, 0.3) is 0 Å². The van der Waals surface area contributed by atoms with Crippen molar-refractivity contribution in [2.24, 2.45) is 5.92 Å². The zero-order valence-electron chi connectivity index (χ0n) is 23.9. The first-order valence-electron chi connectivity index (χ1n) is 14.1. The number of thiocarbonyl (C=S) groups is 1. The Morgan fingerprint density at radius 2 is 1.61 bits per heavy atom. The Labute approximate surface area is 256 Å². The smallest absolute Gasteiger partial charge is 0.490 e. The fraction of sp³-hybridized carbons (Fsp3) is 0.571. The molecule has 0 radical (unpaired) electrons. The number of allylic oxidation sites excluding steroid dienone is 1. The van der Waals surface area contributed by atoms with Crippen LogP contribution in [0.1, 0.15) is 19.3 Å². The minimum Gasteiger partial charge on any atom is -0.490 e. The fourth-order valence-corrected chi connectivity index (χ4v) is 5.63. The van der Waals surface area contributed by atoms with Gasteiger partial charge in [0, 0.05) is 51.7 Å². The van der Waals surface area contributed by atoms with Gasteiger partial charge in [0.2, 0.25) is 5.91 Å². The third-order valence-electron chi connectivity index (χ3n) is 7.43. The van der Waals surface area contributed by atoms with E-state index in [1.807, 2.05) is 0 Å². The molecule has 1 saturated carbocycles. The number of hydrogen-bond acceptors (Lipinski definition) is 7. The average molecular weight is 652 g/mol. The van der Waals surface area contributed by atoms with E-state index in [4.69, 9.17) is 17.0 Å². The number of nitrogens with one attached hydrogen (secondary N) is 3. The number of alkyl halides is 6. The van der Waals surface area contributed by atoms with Crippen LogP contribution in [-0.4, -0.2) is 98.0 Å². The van der Waals surface area contributed by atoms with E-state index in [0.717, 1.165) is 38.3 Å². The van der Waals surface area contributed by atoms with Crippen LogP contribution < -0.4 is 25.4 Å². The maximum Gasteiger partial charge on any atom is 0.573 e. The molecule has 44 heavy (non-hydrogen) atoms. The summed E-state index contributed by atoms with van der Waals surface area (Å²) in [7, 11) is 2.06. The van der Waals surface area contributed by atoms with Crippen LogP contribution in [0, 0.1) is 5.92 Å². The van der Waals surface area contributed by atoms with E-state index in [0.29, 0.717) is 32.4 Å². The Bertz CT molecular complexity index is 1190. The predicted octanol–water partition coefficient (Wildman–Crippen LogP) is 3.69. The number of halogens is 6. The Balaban J connectivity index is 1.35. The molecule has 3 N–H and O–H groups in total. The number of rotatable bonds is 10. The number of piperazine rings is 1. The molecule has 244 valence electrons. The summed E-state index contributed by atoms with van der Waals surface area (Å²) in [6.45, 7) is 4.84. The van der Waals surface area contributed by atoms with Crippen LogP contribution in [0.3, 0.4) is 0 Å². The molecule has 1 heterocycles. The van der Waals surface area contributed by atoms with Crippen LogP contribution in [0.15, 0.2) is 48.3 Å². The largest absolute Gasteiger partial charge is 0.573 e.